The van der Waals surface area contributed by atoms with E-state index in [2.05, 4.69) is 35.4 Å². The van der Waals surface area contributed by atoms with Crippen molar-refractivity contribution < 1.29 is 0 Å². The highest BCUT2D eigenvalue weighted by Crippen LogP contribution is 2.09. The number of aromatic nitrogens is 1. The van der Waals surface area contributed by atoms with Crippen LogP contribution in [0.1, 0.15) is 102 Å². The third-order valence-corrected chi connectivity index (χ3v) is 4.92. The predicted octanol–water partition coefficient (Wildman–Crippen LogP) is 7.21. The molecule has 1 N–H and O–H groups in total. The van der Waals surface area contributed by atoms with Crippen LogP contribution in [0.15, 0.2) is 36.7 Å². The lowest BCUT2D eigenvalue weighted by Crippen LogP contribution is -2.14. The largest absolute Gasteiger partial charge is 0.313 e. The summed E-state index contributed by atoms with van der Waals surface area (Å²) < 4.78 is 0. The minimum atomic E-state index is 0.943. The van der Waals surface area contributed by atoms with E-state index in [1.807, 2.05) is 18.5 Å². The van der Waals surface area contributed by atoms with E-state index in [0.29, 0.717) is 0 Å². The van der Waals surface area contributed by atoms with Gasteiger partial charge in [-0.1, -0.05) is 82.9 Å². The molecule has 0 aliphatic carbocycles. The minimum absolute atomic E-state index is 0.943. The number of hydrogen-bond donors (Lipinski definition) is 1. The van der Waals surface area contributed by atoms with Crippen molar-refractivity contribution in [3.8, 4) is 0 Å². The Hall–Kier alpha value is -1.15. The zero-order chi connectivity index (χ0) is 18.5. The Morgan fingerprint density at radius 3 is 2.04 bits per heavy atom. The molecule has 0 spiro atoms. The second kappa shape index (κ2) is 18.6. The molecule has 0 radical (unpaired) electrons. The van der Waals surface area contributed by atoms with E-state index in [4.69, 9.17) is 0 Å². The van der Waals surface area contributed by atoms with E-state index in [9.17, 15) is 0 Å². The zero-order valence-corrected chi connectivity index (χ0v) is 17.2. The molecule has 2 heteroatoms. The first-order valence-electron chi connectivity index (χ1n) is 11.2. The first-order chi connectivity index (χ1) is 12.9. The van der Waals surface area contributed by atoms with Gasteiger partial charge in [-0.05, 0) is 50.3 Å². The van der Waals surface area contributed by atoms with E-state index in [0.717, 1.165) is 13.1 Å². The van der Waals surface area contributed by atoms with Gasteiger partial charge < -0.3 is 5.32 Å². The molecule has 2 nitrogen and oxygen atoms in total. The standard InChI is InChI=1S/C24H42N2/c1-2-3-4-5-6-7-8-9-10-11-12-13-14-15-16-17-20-25-22-24-19-18-21-26-23-24/h9-10,18-19,21,23,25H,2-8,11-17,20,22H2,1H3/b10-9+. The lowest BCUT2D eigenvalue weighted by Gasteiger charge is -2.04. The Morgan fingerprint density at radius 1 is 0.808 bits per heavy atom. The average Bonchev–Trinajstić information content (AvgIpc) is 2.68. The molecule has 0 fully saturated rings. The van der Waals surface area contributed by atoms with E-state index in [1.165, 1.54) is 95.5 Å². The molecule has 0 bridgehead atoms. The number of hydrogen-bond acceptors (Lipinski definition) is 2. The first-order valence-corrected chi connectivity index (χ1v) is 11.2. The molecule has 0 aliphatic heterocycles. The third-order valence-electron chi connectivity index (χ3n) is 4.92. The fourth-order valence-corrected chi connectivity index (χ4v) is 3.23. The Morgan fingerprint density at radius 2 is 1.42 bits per heavy atom. The smallest absolute Gasteiger partial charge is 0.0312 e. The van der Waals surface area contributed by atoms with Crippen molar-refractivity contribution in [3.63, 3.8) is 0 Å². The van der Waals surface area contributed by atoms with Gasteiger partial charge in [0, 0.05) is 18.9 Å². The van der Waals surface area contributed by atoms with Gasteiger partial charge in [0.15, 0.2) is 0 Å². The van der Waals surface area contributed by atoms with Crippen LogP contribution < -0.4 is 5.32 Å². The number of allylic oxidation sites excluding steroid dienone is 2. The Balaban J connectivity index is 1.73. The Bertz CT molecular complexity index is 413. The van der Waals surface area contributed by atoms with Gasteiger partial charge in [-0.15, -0.1) is 0 Å². The third kappa shape index (κ3) is 15.1. The van der Waals surface area contributed by atoms with E-state index in [-0.39, 0.29) is 0 Å². The van der Waals surface area contributed by atoms with Crippen LogP contribution in [0.25, 0.3) is 0 Å². The number of nitrogens with one attached hydrogen (secondary N) is 1. The van der Waals surface area contributed by atoms with E-state index < -0.39 is 0 Å². The molecule has 1 heterocycles. The SMILES string of the molecule is CCCCCCCC/C=C/CCCCCCCCNCc1cccnc1. The Kier molecular flexibility index (Phi) is 16.4. The van der Waals surface area contributed by atoms with Crippen LogP contribution in [0.3, 0.4) is 0 Å². The summed E-state index contributed by atoms with van der Waals surface area (Å²) in [5.74, 6) is 0. The molecule has 1 aromatic rings. The molecule has 0 saturated carbocycles. The second-order valence-corrected chi connectivity index (χ2v) is 7.48. The van der Waals surface area contributed by atoms with E-state index >= 15 is 0 Å². The highest BCUT2D eigenvalue weighted by Gasteiger charge is 1.93. The molecule has 0 unspecified atom stereocenters. The van der Waals surface area contributed by atoms with Crippen molar-refractivity contribution in [1.82, 2.24) is 10.3 Å². The van der Waals surface area contributed by atoms with Crippen LogP contribution in [0.4, 0.5) is 0 Å². The molecule has 0 aromatic carbocycles. The normalized spacial score (nSPS) is 11.4. The lowest BCUT2D eigenvalue weighted by molar-refractivity contribution is 0.566. The van der Waals surface area contributed by atoms with Gasteiger partial charge in [-0.2, -0.15) is 0 Å². The molecule has 0 saturated heterocycles. The topological polar surface area (TPSA) is 24.9 Å². The molecular formula is C24H42N2. The summed E-state index contributed by atoms with van der Waals surface area (Å²) in [4.78, 5) is 4.14. The van der Waals surface area contributed by atoms with Crippen molar-refractivity contribution in [2.45, 2.75) is 103 Å². The maximum absolute atomic E-state index is 4.14. The zero-order valence-electron chi connectivity index (χ0n) is 17.2. The quantitative estimate of drug-likeness (QED) is 0.221. The van der Waals surface area contributed by atoms with Gasteiger partial charge >= 0.3 is 0 Å². The summed E-state index contributed by atoms with van der Waals surface area (Å²) in [5, 5.41) is 3.50. The van der Waals surface area contributed by atoms with Crippen LogP contribution in [-0.4, -0.2) is 11.5 Å². The van der Waals surface area contributed by atoms with Crippen molar-refractivity contribution in [3.05, 3.63) is 42.2 Å². The van der Waals surface area contributed by atoms with Gasteiger partial charge in [0.05, 0.1) is 0 Å². The summed E-state index contributed by atoms with van der Waals surface area (Å²) in [5.41, 5.74) is 1.28. The van der Waals surface area contributed by atoms with Crippen LogP contribution in [0, 0.1) is 0 Å². The number of pyridine rings is 1. The lowest BCUT2D eigenvalue weighted by atomic mass is 10.1. The maximum atomic E-state index is 4.14. The maximum Gasteiger partial charge on any atom is 0.0312 e. The average molecular weight is 359 g/mol. The van der Waals surface area contributed by atoms with Crippen molar-refractivity contribution in [1.29, 1.82) is 0 Å². The van der Waals surface area contributed by atoms with Crippen molar-refractivity contribution in [2.24, 2.45) is 0 Å². The predicted molar refractivity (Wildman–Crippen MR) is 115 cm³/mol. The monoisotopic (exact) mass is 358 g/mol. The first kappa shape index (κ1) is 22.9. The van der Waals surface area contributed by atoms with Gasteiger partial charge in [-0.3, -0.25) is 4.98 Å². The molecule has 1 rings (SSSR count). The number of unbranched alkanes of at least 4 members (excludes halogenated alkanes) is 12. The summed E-state index contributed by atoms with van der Waals surface area (Å²) in [6.07, 6.45) is 27.8. The minimum Gasteiger partial charge on any atom is -0.313 e. The van der Waals surface area contributed by atoms with Crippen LogP contribution in [-0.2, 0) is 6.54 Å². The summed E-state index contributed by atoms with van der Waals surface area (Å²) in [6, 6.07) is 4.13. The van der Waals surface area contributed by atoms with Gasteiger partial charge in [0.1, 0.15) is 0 Å². The number of nitrogens with zero attached hydrogens (tertiary/aromatic N) is 1. The summed E-state index contributed by atoms with van der Waals surface area (Å²) in [6.45, 7) is 4.35. The molecule has 148 valence electrons. The van der Waals surface area contributed by atoms with Crippen LogP contribution in [0.5, 0.6) is 0 Å². The van der Waals surface area contributed by atoms with Crippen molar-refractivity contribution in [2.75, 3.05) is 6.54 Å². The van der Waals surface area contributed by atoms with E-state index in [1.54, 1.807) is 0 Å². The summed E-state index contributed by atoms with van der Waals surface area (Å²) >= 11 is 0. The highest BCUT2D eigenvalue weighted by atomic mass is 14.8. The van der Waals surface area contributed by atoms with Gasteiger partial charge in [0.25, 0.3) is 0 Å². The fourth-order valence-electron chi connectivity index (χ4n) is 3.23. The summed E-state index contributed by atoms with van der Waals surface area (Å²) in [7, 11) is 0. The molecule has 0 amide bonds. The molecule has 0 aliphatic rings. The highest BCUT2D eigenvalue weighted by molar-refractivity contribution is 5.07. The van der Waals surface area contributed by atoms with Crippen LogP contribution in [0.2, 0.25) is 0 Å². The van der Waals surface area contributed by atoms with Crippen molar-refractivity contribution >= 4 is 0 Å². The molecule has 0 atom stereocenters. The number of rotatable bonds is 18. The van der Waals surface area contributed by atoms with Gasteiger partial charge in [0.2, 0.25) is 0 Å². The second-order valence-electron chi connectivity index (χ2n) is 7.48. The molecule has 1 aromatic heterocycles. The molecule has 26 heavy (non-hydrogen) atoms. The van der Waals surface area contributed by atoms with Gasteiger partial charge in [-0.25, -0.2) is 0 Å². The molecular weight excluding hydrogens is 316 g/mol. The fraction of sp³-hybridized carbons (Fsp3) is 0.708. The Labute approximate surface area is 162 Å². The van der Waals surface area contributed by atoms with Crippen LogP contribution >= 0.6 is 0 Å².